The number of nitrogens with zero attached hydrogens (tertiary/aromatic N) is 4. The number of nitrogens with one attached hydrogen (secondary N) is 1. The topological polar surface area (TPSA) is 104 Å². The molecule has 0 fully saturated rings. The maximum Gasteiger partial charge on any atom is 0.142 e. The number of nitrogen functional groups attached to an aromatic ring is 1. The lowest BCUT2D eigenvalue weighted by molar-refractivity contribution is 1.05. The van der Waals surface area contributed by atoms with E-state index in [9.17, 15) is 5.26 Å². The molecule has 0 radical (unpaired) electrons. The summed E-state index contributed by atoms with van der Waals surface area (Å²) in [5, 5.41) is 16.4. The highest BCUT2D eigenvalue weighted by atomic mass is 15.1. The fourth-order valence-electron chi connectivity index (χ4n) is 2.11. The Morgan fingerprint density at radius 1 is 1.19 bits per heavy atom. The number of H-pyrrole nitrogens is 1. The minimum atomic E-state index is 0.197. The fourth-order valence-corrected chi connectivity index (χ4v) is 2.11. The summed E-state index contributed by atoms with van der Waals surface area (Å²) in [6.07, 6.45) is 3.37. The third-order valence-corrected chi connectivity index (χ3v) is 3.12. The van der Waals surface area contributed by atoms with Gasteiger partial charge in [0, 0.05) is 29.2 Å². The molecule has 3 heterocycles. The van der Waals surface area contributed by atoms with Gasteiger partial charge < -0.3 is 5.73 Å². The van der Waals surface area contributed by atoms with Gasteiger partial charge in [-0.05, 0) is 31.2 Å². The molecule has 3 aromatic heterocycles. The zero-order valence-electron chi connectivity index (χ0n) is 11.3. The van der Waals surface area contributed by atoms with E-state index in [0.717, 1.165) is 11.3 Å². The van der Waals surface area contributed by atoms with E-state index in [-0.39, 0.29) is 5.82 Å². The van der Waals surface area contributed by atoms with Crippen molar-refractivity contribution in [3.63, 3.8) is 0 Å². The number of anilines is 1. The van der Waals surface area contributed by atoms with Crippen molar-refractivity contribution in [2.24, 2.45) is 0 Å². The van der Waals surface area contributed by atoms with Gasteiger partial charge in [-0.15, -0.1) is 0 Å². The molecule has 6 nitrogen and oxygen atoms in total. The molecule has 102 valence electrons. The predicted octanol–water partition coefficient (Wildman–Crippen LogP) is 2.30. The first-order valence-corrected chi connectivity index (χ1v) is 6.32. The lowest BCUT2D eigenvalue weighted by Gasteiger charge is -2.08. The van der Waals surface area contributed by atoms with E-state index < -0.39 is 0 Å². The van der Waals surface area contributed by atoms with Gasteiger partial charge in [0.15, 0.2) is 0 Å². The smallest absolute Gasteiger partial charge is 0.142 e. The number of hydrogen-bond donors (Lipinski definition) is 2. The van der Waals surface area contributed by atoms with Gasteiger partial charge in [-0.1, -0.05) is 0 Å². The highest BCUT2D eigenvalue weighted by Crippen LogP contribution is 2.30. The largest absolute Gasteiger partial charge is 0.383 e. The van der Waals surface area contributed by atoms with Crippen LogP contribution >= 0.6 is 0 Å². The summed E-state index contributed by atoms with van der Waals surface area (Å²) >= 11 is 0. The van der Waals surface area contributed by atoms with Crippen LogP contribution in [0.25, 0.3) is 22.5 Å². The minimum absolute atomic E-state index is 0.197. The van der Waals surface area contributed by atoms with E-state index in [1.165, 1.54) is 0 Å². The summed E-state index contributed by atoms with van der Waals surface area (Å²) in [5.41, 5.74) is 10.1. The van der Waals surface area contributed by atoms with Gasteiger partial charge in [0.25, 0.3) is 0 Å². The SMILES string of the molecule is Cc1cc(-c2cc(-c3ccncc3)nc(N)c2C#N)n[nH]1. The van der Waals surface area contributed by atoms with Crippen molar-refractivity contribution < 1.29 is 0 Å². The Hall–Kier alpha value is -3.20. The highest BCUT2D eigenvalue weighted by Gasteiger charge is 2.15. The lowest BCUT2D eigenvalue weighted by atomic mass is 10.0. The lowest BCUT2D eigenvalue weighted by Crippen LogP contribution is -2.00. The molecule has 0 aromatic carbocycles. The van der Waals surface area contributed by atoms with Crippen LogP contribution < -0.4 is 5.73 Å². The van der Waals surface area contributed by atoms with E-state index in [1.54, 1.807) is 12.4 Å². The maximum atomic E-state index is 9.31. The second-order valence-electron chi connectivity index (χ2n) is 4.60. The van der Waals surface area contributed by atoms with Gasteiger partial charge in [-0.2, -0.15) is 10.4 Å². The molecule has 3 aromatic rings. The number of pyridine rings is 2. The predicted molar refractivity (Wildman–Crippen MR) is 78.9 cm³/mol. The van der Waals surface area contributed by atoms with Crippen LogP contribution in [0.3, 0.4) is 0 Å². The molecular weight excluding hydrogens is 264 g/mol. The zero-order valence-corrected chi connectivity index (χ0v) is 11.3. The van der Waals surface area contributed by atoms with E-state index in [0.29, 0.717) is 22.5 Å². The molecule has 6 heteroatoms. The van der Waals surface area contributed by atoms with Crippen LogP contribution in [0, 0.1) is 18.3 Å². The molecule has 0 aliphatic rings. The molecule has 3 rings (SSSR count). The van der Waals surface area contributed by atoms with Gasteiger partial charge in [-0.3, -0.25) is 10.1 Å². The van der Waals surface area contributed by atoms with Crippen LogP contribution in [0.5, 0.6) is 0 Å². The van der Waals surface area contributed by atoms with Crippen LogP contribution in [-0.2, 0) is 0 Å². The number of rotatable bonds is 2. The molecule has 0 amide bonds. The van der Waals surface area contributed by atoms with Crippen LogP contribution in [-0.4, -0.2) is 20.2 Å². The number of nitriles is 1. The van der Waals surface area contributed by atoms with Crippen molar-refractivity contribution >= 4 is 5.82 Å². The van der Waals surface area contributed by atoms with E-state index >= 15 is 0 Å². The summed E-state index contributed by atoms with van der Waals surface area (Å²) in [4.78, 5) is 8.28. The Balaban J connectivity index is 2.23. The first kappa shape index (κ1) is 12.8. The quantitative estimate of drug-likeness (QED) is 0.747. The van der Waals surface area contributed by atoms with Crippen molar-refractivity contribution in [1.29, 1.82) is 5.26 Å². The molecule has 0 spiro atoms. The Morgan fingerprint density at radius 3 is 2.57 bits per heavy atom. The number of nitrogens with two attached hydrogens (primary N) is 1. The van der Waals surface area contributed by atoms with Crippen molar-refractivity contribution in [3.05, 3.63) is 47.9 Å². The van der Waals surface area contributed by atoms with Crippen LogP contribution in [0.15, 0.2) is 36.7 Å². The van der Waals surface area contributed by atoms with Gasteiger partial charge >= 0.3 is 0 Å². The van der Waals surface area contributed by atoms with E-state index in [4.69, 9.17) is 5.73 Å². The third-order valence-electron chi connectivity index (χ3n) is 3.12. The summed E-state index contributed by atoms with van der Waals surface area (Å²) in [6.45, 7) is 1.90. The molecule has 0 aliphatic carbocycles. The standard InChI is InChI=1S/C15H12N6/c1-9-6-14(21-20-9)11-7-13(10-2-4-18-5-3-10)19-15(17)12(11)8-16/h2-7H,1H3,(H2,17,19)(H,20,21). The average Bonchev–Trinajstić information content (AvgIpc) is 2.94. The second-order valence-corrected chi connectivity index (χ2v) is 4.60. The molecule has 3 N–H and O–H groups in total. The molecule has 0 saturated carbocycles. The normalized spacial score (nSPS) is 10.3. The molecule has 21 heavy (non-hydrogen) atoms. The zero-order chi connectivity index (χ0) is 14.8. The molecule has 0 atom stereocenters. The molecule has 0 aliphatic heterocycles. The Morgan fingerprint density at radius 2 is 1.95 bits per heavy atom. The van der Waals surface area contributed by atoms with E-state index in [2.05, 4.69) is 26.2 Å². The minimum Gasteiger partial charge on any atom is -0.383 e. The third kappa shape index (κ3) is 2.32. The summed E-state index contributed by atoms with van der Waals surface area (Å²) in [7, 11) is 0. The van der Waals surface area contributed by atoms with Gasteiger partial charge in [-0.25, -0.2) is 4.98 Å². The molecular formula is C15H12N6. The first-order valence-electron chi connectivity index (χ1n) is 6.32. The maximum absolute atomic E-state index is 9.31. The number of aromatic amines is 1. The van der Waals surface area contributed by atoms with Crippen LogP contribution in [0.4, 0.5) is 5.82 Å². The van der Waals surface area contributed by atoms with Crippen molar-refractivity contribution in [1.82, 2.24) is 20.2 Å². The first-order chi connectivity index (χ1) is 10.2. The summed E-state index contributed by atoms with van der Waals surface area (Å²) in [6, 6.07) is 9.46. The average molecular weight is 276 g/mol. The van der Waals surface area contributed by atoms with Crippen LogP contribution in [0.2, 0.25) is 0 Å². The fraction of sp³-hybridized carbons (Fsp3) is 0.0667. The van der Waals surface area contributed by atoms with E-state index in [1.807, 2.05) is 31.2 Å². The second kappa shape index (κ2) is 5.06. The van der Waals surface area contributed by atoms with Crippen molar-refractivity contribution in [2.45, 2.75) is 6.92 Å². The summed E-state index contributed by atoms with van der Waals surface area (Å²) in [5.74, 6) is 0.197. The van der Waals surface area contributed by atoms with Crippen LogP contribution in [0.1, 0.15) is 11.3 Å². The van der Waals surface area contributed by atoms with Gasteiger partial charge in [0.1, 0.15) is 17.5 Å². The Kier molecular flexibility index (Phi) is 3.09. The number of aromatic nitrogens is 4. The molecule has 0 saturated heterocycles. The monoisotopic (exact) mass is 276 g/mol. The molecule has 0 bridgehead atoms. The number of hydrogen-bond acceptors (Lipinski definition) is 5. The van der Waals surface area contributed by atoms with Crippen molar-refractivity contribution in [3.8, 4) is 28.6 Å². The molecule has 0 unspecified atom stereocenters. The highest BCUT2D eigenvalue weighted by molar-refractivity contribution is 5.78. The Bertz CT molecular complexity index is 829. The van der Waals surface area contributed by atoms with Gasteiger partial charge in [0.05, 0.1) is 11.4 Å². The Labute approximate surface area is 121 Å². The number of aryl methyl sites for hydroxylation is 1. The summed E-state index contributed by atoms with van der Waals surface area (Å²) < 4.78 is 0. The van der Waals surface area contributed by atoms with Gasteiger partial charge in [0.2, 0.25) is 0 Å². The van der Waals surface area contributed by atoms with Crippen molar-refractivity contribution in [2.75, 3.05) is 5.73 Å².